The van der Waals surface area contributed by atoms with Gasteiger partial charge in [0.25, 0.3) is 0 Å². The molecular formula is C13H23NO. The molecule has 0 radical (unpaired) electrons. The Morgan fingerprint density at radius 3 is 1.80 bits per heavy atom. The second-order valence-corrected chi connectivity index (χ2v) is 6.38. The van der Waals surface area contributed by atoms with Crippen LogP contribution >= 0.6 is 0 Å². The molecule has 4 bridgehead atoms. The largest absolute Gasteiger partial charge is 0.379 e. The Hall–Kier alpha value is -0.0800. The fourth-order valence-electron chi connectivity index (χ4n) is 4.89. The zero-order valence-corrected chi connectivity index (χ0v) is 9.95. The van der Waals surface area contributed by atoms with Crippen molar-refractivity contribution in [3.05, 3.63) is 0 Å². The molecule has 0 amide bonds. The molecule has 0 aromatic heterocycles. The Morgan fingerprint density at radius 1 is 1.07 bits per heavy atom. The van der Waals surface area contributed by atoms with Crippen LogP contribution in [0.4, 0.5) is 0 Å². The van der Waals surface area contributed by atoms with E-state index in [0.717, 1.165) is 17.8 Å². The van der Waals surface area contributed by atoms with Gasteiger partial charge in [-0.25, -0.2) is 0 Å². The van der Waals surface area contributed by atoms with E-state index in [1.54, 1.807) is 0 Å². The number of nitrogens with zero attached hydrogens (tertiary/aromatic N) is 1. The lowest BCUT2D eigenvalue weighted by Gasteiger charge is -2.60. The highest BCUT2D eigenvalue weighted by Crippen LogP contribution is 2.57. The lowest BCUT2D eigenvalue weighted by Crippen LogP contribution is -2.60. The molecule has 0 aliphatic heterocycles. The second-order valence-electron chi connectivity index (χ2n) is 6.38. The number of aliphatic hydroxyl groups is 1. The normalized spacial score (nSPS) is 50.0. The summed E-state index contributed by atoms with van der Waals surface area (Å²) >= 11 is 0. The third-order valence-corrected chi connectivity index (χ3v) is 5.31. The van der Waals surface area contributed by atoms with E-state index in [1.807, 2.05) is 6.92 Å². The van der Waals surface area contributed by atoms with E-state index in [9.17, 15) is 5.11 Å². The highest BCUT2D eigenvalue weighted by Gasteiger charge is 2.53. The topological polar surface area (TPSA) is 23.5 Å². The number of hydrogen-bond acceptors (Lipinski definition) is 2. The average Bonchev–Trinajstić information content (AvgIpc) is 2.14. The van der Waals surface area contributed by atoms with E-state index >= 15 is 0 Å². The van der Waals surface area contributed by atoms with Crippen LogP contribution in [0, 0.1) is 17.8 Å². The molecule has 0 heterocycles. The van der Waals surface area contributed by atoms with Crippen molar-refractivity contribution in [1.29, 1.82) is 0 Å². The summed E-state index contributed by atoms with van der Waals surface area (Å²) in [6.07, 6.45) is 8.20. The predicted octanol–water partition coefficient (Wildman–Crippen LogP) is 2.23. The van der Waals surface area contributed by atoms with E-state index in [4.69, 9.17) is 0 Å². The van der Waals surface area contributed by atoms with Crippen molar-refractivity contribution < 1.29 is 5.11 Å². The molecule has 4 aliphatic rings. The SMILES string of the molecule is CC(O)N(C)C12CC3CC(CC(C3)C1)C2. The van der Waals surface area contributed by atoms with Gasteiger partial charge in [-0.05, 0) is 70.3 Å². The van der Waals surface area contributed by atoms with E-state index in [-0.39, 0.29) is 6.23 Å². The lowest BCUT2D eigenvalue weighted by atomic mass is 9.52. The van der Waals surface area contributed by atoms with Crippen molar-refractivity contribution in [2.24, 2.45) is 17.8 Å². The fraction of sp³-hybridized carbons (Fsp3) is 1.00. The number of hydrogen-bond donors (Lipinski definition) is 1. The van der Waals surface area contributed by atoms with Gasteiger partial charge < -0.3 is 5.11 Å². The third kappa shape index (κ3) is 1.45. The van der Waals surface area contributed by atoms with E-state index in [2.05, 4.69) is 11.9 Å². The van der Waals surface area contributed by atoms with Crippen molar-refractivity contribution in [2.75, 3.05) is 7.05 Å². The van der Waals surface area contributed by atoms with Gasteiger partial charge in [-0.3, -0.25) is 4.90 Å². The minimum absolute atomic E-state index is 0.277. The first-order valence-electron chi connectivity index (χ1n) is 6.50. The Labute approximate surface area is 92.7 Å². The second kappa shape index (κ2) is 3.21. The van der Waals surface area contributed by atoms with Gasteiger partial charge in [0.05, 0.1) is 0 Å². The summed E-state index contributed by atoms with van der Waals surface area (Å²) in [5.41, 5.74) is 0.364. The van der Waals surface area contributed by atoms with Crippen LogP contribution in [0.25, 0.3) is 0 Å². The van der Waals surface area contributed by atoms with Gasteiger partial charge >= 0.3 is 0 Å². The van der Waals surface area contributed by atoms with Crippen molar-refractivity contribution >= 4 is 0 Å². The van der Waals surface area contributed by atoms with Crippen LogP contribution in [0.3, 0.4) is 0 Å². The molecule has 4 aliphatic carbocycles. The van der Waals surface area contributed by atoms with E-state index < -0.39 is 0 Å². The molecule has 4 saturated carbocycles. The molecule has 2 nitrogen and oxygen atoms in total. The molecule has 15 heavy (non-hydrogen) atoms. The molecule has 1 N–H and O–H groups in total. The number of rotatable bonds is 2. The quantitative estimate of drug-likeness (QED) is 0.705. The van der Waals surface area contributed by atoms with Crippen molar-refractivity contribution in [1.82, 2.24) is 4.90 Å². The molecule has 4 rings (SSSR count). The van der Waals surface area contributed by atoms with Crippen molar-refractivity contribution in [2.45, 2.75) is 57.2 Å². The maximum atomic E-state index is 9.81. The molecule has 0 saturated heterocycles. The summed E-state index contributed by atoms with van der Waals surface area (Å²) in [7, 11) is 2.12. The van der Waals surface area contributed by atoms with Gasteiger partial charge in [0.2, 0.25) is 0 Å². The van der Waals surface area contributed by atoms with Crippen molar-refractivity contribution in [3.63, 3.8) is 0 Å². The summed E-state index contributed by atoms with van der Waals surface area (Å²) in [6, 6.07) is 0. The highest BCUT2D eigenvalue weighted by atomic mass is 16.3. The van der Waals surface area contributed by atoms with Gasteiger partial charge in [-0.1, -0.05) is 0 Å². The Kier molecular flexibility index (Phi) is 2.16. The highest BCUT2D eigenvalue weighted by molar-refractivity contribution is 5.06. The molecule has 0 spiro atoms. The third-order valence-electron chi connectivity index (χ3n) is 5.31. The van der Waals surface area contributed by atoms with E-state index in [0.29, 0.717) is 5.54 Å². The molecule has 0 aromatic carbocycles. The van der Waals surface area contributed by atoms with Gasteiger partial charge in [0.15, 0.2) is 0 Å². The van der Waals surface area contributed by atoms with Gasteiger partial charge in [-0.2, -0.15) is 0 Å². The predicted molar refractivity (Wildman–Crippen MR) is 60.3 cm³/mol. The average molecular weight is 209 g/mol. The molecular weight excluding hydrogens is 186 g/mol. The molecule has 1 atom stereocenters. The maximum Gasteiger partial charge on any atom is 0.104 e. The summed E-state index contributed by atoms with van der Waals surface area (Å²) in [4.78, 5) is 2.26. The zero-order chi connectivity index (χ0) is 10.6. The first-order chi connectivity index (χ1) is 7.09. The maximum absolute atomic E-state index is 9.81. The smallest absolute Gasteiger partial charge is 0.104 e. The summed E-state index contributed by atoms with van der Waals surface area (Å²) in [6.45, 7) is 1.92. The Bertz CT molecular complexity index is 226. The molecule has 4 fully saturated rings. The van der Waals surface area contributed by atoms with Crippen LogP contribution in [0.5, 0.6) is 0 Å². The van der Waals surface area contributed by atoms with Gasteiger partial charge in [0, 0.05) is 5.54 Å². The fourth-order valence-corrected chi connectivity index (χ4v) is 4.89. The van der Waals surface area contributed by atoms with Gasteiger partial charge in [-0.15, -0.1) is 0 Å². The van der Waals surface area contributed by atoms with E-state index in [1.165, 1.54) is 38.5 Å². The van der Waals surface area contributed by atoms with Crippen LogP contribution in [-0.2, 0) is 0 Å². The van der Waals surface area contributed by atoms with Gasteiger partial charge in [0.1, 0.15) is 6.23 Å². The number of aliphatic hydroxyl groups excluding tert-OH is 1. The monoisotopic (exact) mass is 209 g/mol. The molecule has 86 valence electrons. The van der Waals surface area contributed by atoms with Crippen LogP contribution in [0.15, 0.2) is 0 Å². The van der Waals surface area contributed by atoms with Crippen LogP contribution in [0.2, 0.25) is 0 Å². The summed E-state index contributed by atoms with van der Waals surface area (Å²) in [5.74, 6) is 2.91. The summed E-state index contributed by atoms with van der Waals surface area (Å²) in [5, 5.41) is 9.81. The van der Waals surface area contributed by atoms with Crippen LogP contribution in [0.1, 0.15) is 45.4 Å². The minimum atomic E-state index is -0.277. The van der Waals surface area contributed by atoms with Crippen LogP contribution in [-0.4, -0.2) is 28.8 Å². The Morgan fingerprint density at radius 2 is 1.47 bits per heavy atom. The first-order valence-corrected chi connectivity index (χ1v) is 6.50. The first kappa shape index (κ1) is 10.1. The standard InChI is InChI=1S/C13H23NO/c1-9(15)14(2)13-6-10-3-11(7-13)5-12(4-10)8-13/h9-12,15H,3-8H2,1-2H3. The Balaban J connectivity index is 1.86. The molecule has 0 aromatic rings. The lowest BCUT2D eigenvalue weighted by molar-refractivity contribution is -0.130. The van der Waals surface area contributed by atoms with Crippen LogP contribution < -0.4 is 0 Å². The van der Waals surface area contributed by atoms with Crippen molar-refractivity contribution in [3.8, 4) is 0 Å². The minimum Gasteiger partial charge on any atom is -0.379 e. The summed E-state index contributed by atoms with van der Waals surface area (Å²) < 4.78 is 0. The zero-order valence-electron chi connectivity index (χ0n) is 9.95. The molecule has 1 unspecified atom stereocenters. The molecule has 2 heteroatoms.